The van der Waals surface area contributed by atoms with Crippen LogP contribution in [0.2, 0.25) is 0 Å². The standard InChI is InChI=1S/C15H15NO5S/c1-10-4-6-13(7-5-10)22(18,19)21-14-9-12(15(17)20-3)8-11(2)16-14/h4-9H,1-3H3. The predicted octanol–water partition coefficient (Wildman–Crippen LogP) is 2.25. The molecule has 0 saturated carbocycles. The third-order valence-electron chi connectivity index (χ3n) is 2.86. The minimum absolute atomic E-state index is 0.0148. The first-order valence-electron chi connectivity index (χ1n) is 6.40. The molecule has 7 heteroatoms. The van der Waals surface area contributed by atoms with Crippen molar-refractivity contribution in [3.8, 4) is 5.88 Å². The van der Waals surface area contributed by atoms with Gasteiger partial charge in [-0.15, -0.1) is 0 Å². The van der Waals surface area contributed by atoms with Gasteiger partial charge in [0.2, 0.25) is 5.88 Å². The summed E-state index contributed by atoms with van der Waals surface area (Å²) in [6.07, 6.45) is 0. The van der Waals surface area contributed by atoms with Crippen LogP contribution in [0.1, 0.15) is 21.6 Å². The van der Waals surface area contributed by atoms with E-state index in [4.69, 9.17) is 4.18 Å². The summed E-state index contributed by atoms with van der Waals surface area (Å²) in [6.45, 7) is 3.47. The Kier molecular flexibility index (Phi) is 4.46. The number of aromatic nitrogens is 1. The second-order valence-electron chi connectivity index (χ2n) is 4.68. The van der Waals surface area contributed by atoms with E-state index in [1.165, 1.54) is 31.4 Å². The summed E-state index contributed by atoms with van der Waals surface area (Å²) in [5.41, 5.74) is 1.54. The number of benzene rings is 1. The van der Waals surface area contributed by atoms with Gasteiger partial charge in [0.15, 0.2) is 0 Å². The van der Waals surface area contributed by atoms with Crippen LogP contribution in [0.15, 0.2) is 41.3 Å². The Morgan fingerprint density at radius 2 is 1.73 bits per heavy atom. The summed E-state index contributed by atoms with van der Waals surface area (Å²) in [7, 11) is -2.77. The van der Waals surface area contributed by atoms with Crippen LogP contribution >= 0.6 is 0 Å². The molecular formula is C15H15NO5S. The highest BCUT2D eigenvalue weighted by Gasteiger charge is 2.19. The molecule has 0 aliphatic carbocycles. The molecule has 0 aliphatic heterocycles. The molecule has 0 spiro atoms. The van der Waals surface area contributed by atoms with Crippen molar-refractivity contribution in [3.63, 3.8) is 0 Å². The zero-order valence-electron chi connectivity index (χ0n) is 12.4. The van der Waals surface area contributed by atoms with Gasteiger partial charge in [-0.1, -0.05) is 17.7 Å². The molecule has 0 atom stereocenters. The van der Waals surface area contributed by atoms with Gasteiger partial charge < -0.3 is 8.92 Å². The Balaban J connectivity index is 2.35. The van der Waals surface area contributed by atoms with Crippen LogP contribution in [0.5, 0.6) is 5.88 Å². The molecule has 2 aromatic rings. The Morgan fingerprint density at radius 3 is 2.32 bits per heavy atom. The molecule has 0 N–H and O–H groups in total. The smallest absolute Gasteiger partial charge is 0.340 e. The second kappa shape index (κ2) is 6.15. The van der Waals surface area contributed by atoms with E-state index >= 15 is 0 Å². The molecule has 1 aromatic heterocycles. The van der Waals surface area contributed by atoms with Crippen molar-refractivity contribution in [2.24, 2.45) is 0 Å². The summed E-state index contributed by atoms with van der Waals surface area (Å²) in [5.74, 6) is -0.774. The highest BCUT2D eigenvalue weighted by atomic mass is 32.2. The number of nitrogens with zero attached hydrogens (tertiary/aromatic N) is 1. The first-order valence-corrected chi connectivity index (χ1v) is 7.81. The van der Waals surface area contributed by atoms with Gasteiger partial charge in [-0.25, -0.2) is 9.78 Å². The Labute approximate surface area is 128 Å². The Bertz CT molecular complexity index is 797. The molecule has 0 saturated heterocycles. The van der Waals surface area contributed by atoms with Gasteiger partial charge in [-0.3, -0.25) is 0 Å². The molecule has 0 unspecified atom stereocenters. The van der Waals surface area contributed by atoms with Gasteiger partial charge in [0.25, 0.3) is 0 Å². The fourth-order valence-corrected chi connectivity index (χ4v) is 2.66. The maximum atomic E-state index is 12.2. The van der Waals surface area contributed by atoms with Crippen LogP contribution in [0.25, 0.3) is 0 Å². The van der Waals surface area contributed by atoms with Gasteiger partial charge in [0.1, 0.15) is 4.90 Å². The number of carbonyl (C=O) groups is 1. The number of hydrogen-bond donors (Lipinski definition) is 0. The average Bonchev–Trinajstić information content (AvgIpc) is 2.45. The van der Waals surface area contributed by atoms with Gasteiger partial charge in [0.05, 0.1) is 12.7 Å². The summed E-state index contributed by atoms with van der Waals surface area (Å²) >= 11 is 0. The minimum Gasteiger partial charge on any atom is -0.465 e. The molecular weight excluding hydrogens is 306 g/mol. The highest BCUT2D eigenvalue weighted by molar-refractivity contribution is 7.87. The molecule has 2 rings (SSSR count). The summed E-state index contributed by atoms with van der Waals surface area (Å²) in [5, 5.41) is 0. The number of methoxy groups -OCH3 is 1. The van der Waals surface area contributed by atoms with Crippen LogP contribution in [-0.4, -0.2) is 26.5 Å². The van der Waals surface area contributed by atoms with Crippen LogP contribution < -0.4 is 4.18 Å². The van der Waals surface area contributed by atoms with Crippen molar-refractivity contribution in [2.45, 2.75) is 18.7 Å². The monoisotopic (exact) mass is 321 g/mol. The van der Waals surface area contributed by atoms with Gasteiger partial charge in [-0.05, 0) is 32.0 Å². The molecule has 0 amide bonds. The number of hydrogen-bond acceptors (Lipinski definition) is 6. The van der Waals surface area contributed by atoms with E-state index in [-0.39, 0.29) is 16.3 Å². The van der Waals surface area contributed by atoms with Gasteiger partial charge in [0, 0.05) is 11.8 Å². The normalized spacial score (nSPS) is 11.0. The Hall–Kier alpha value is -2.41. The first kappa shape index (κ1) is 16.0. The van der Waals surface area contributed by atoms with Crippen molar-refractivity contribution < 1.29 is 22.1 Å². The predicted molar refractivity (Wildman–Crippen MR) is 79.3 cm³/mol. The third-order valence-corrected chi connectivity index (χ3v) is 4.10. The maximum absolute atomic E-state index is 12.2. The van der Waals surface area contributed by atoms with Crippen LogP contribution in [-0.2, 0) is 14.9 Å². The van der Waals surface area contributed by atoms with Crippen molar-refractivity contribution in [3.05, 3.63) is 53.2 Å². The molecule has 0 radical (unpaired) electrons. The number of ether oxygens (including phenoxy) is 1. The van der Waals surface area contributed by atoms with E-state index in [0.29, 0.717) is 5.69 Å². The molecule has 6 nitrogen and oxygen atoms in total. The van der Waals surface area contributed by atoms with E-state index in [1.807, 2.05) is 6.92 Å². The largest absolute Gasteiger partial charge is 0.465 e. The molecule has 0 bridgehead atoms. The van der Waals surface area contributed by atoms with Crippen molar-refractivity contribution >= 4 is 16.1 Å². The molecule has 0 fully saturated rings. The van der Waals surface area contributed by atoms with Gasteiger partial charge in [-0.2, -0.15) is 8.42 Å². The lowest BCUT2D eigenvalue weighted by atomic mass is 10.2. The van der Waals surface area contributed by atoms with Crippen molar-refractivity contribution in [2.75, 3.05) is 7.11 Å². The van der Waals surface area contributed by atoms with Gasteiger partial charge >= 0.3 is 16.1 Å². The van der Waals surface area contributed by atoms with Crippen LogP contribution in [0, 0.1) is 13.8 Å². The maximum Gasteiger partial charge on any atom is 0.340 e. The average molecular weight is 321 g/mol. The summed E-state index contributed by atoms with van der Waals surface area (Å²) in [4.78, 5) is 15.5. The van der Waals surface area contributed by atoms with E-state index in [1.54, 1.807) is 19.1 Å². The van der Waals surface area contributed by atoms with Crippen LogP contribution in [0.3, 0.4) is 0 Å². The number of rotatable bonds is 4. The topological polar surface area (TPSA) is 82.6 Å². The lowest BCUT2D eigenvalue weighted by Gasteiger charge is -2.08. The fourth-order valence-electron chi connectivity index (χ4n) is 1.78. The highest BCUT2D eigenvalue weighted by Crippen LogP contribution is 2.19. The summed E-state index contributed by atoms with van der Waals surface area (Å²) < 4.78 is 34.0. The number of carbonyl (C=O) groups excluding carboxylic acids is 1. The molecule has 1 heterocycles. The lowest BCUT2D eigenvalue weighted by molar-refractivity contribution is 0.0600. The van der Waals surface area contributed by atoms with E-state index < -0.39 is 16.1 Å². The van der Waals surface area contributed by atoms with E-state index in [9.17, 15) is 13.2 Å². The number of esters is 1. The number of pyridine rings is 1. The Morgan fingerprint density at radius 1 is 1.09 bits per heavy atom. The number of aryl methyl sites for hydroxylation is 2. The zero-order valence-corrected chi connectivity index (χ0v) is 13.2. The van der Waals surface area contributed by atoms with E-state index in [2.05, 4.69) is 9.72 Å². The molecule has 0 aliphatic rings. The molecule has 1 aromatic carbocycles. The quantitative estimate of drug-likeness (QED) is 0.634. The summed E-state index contributed by atoms with van der Waals surface area (Å²) in [6, 6.07) is 8.94. The third kappa shape index (κ3) is 3.62. The van der Waals surface area contributed by atoms with E-state index in [0.717, 1.165) is 5.56 Å². The molecule has 116 valence electrons. The van der Waals surface area contributed by atoms with Crippen LogP contribution in [0.4, 0.5) is 0 Å². The minimum atomic E-state index is -4.01. The first-order chi connectivity index (χ1) is 10.3. The molecule has 22 heavy (non-hydrogen) atoms. The van der Waals surface area contributed by atoms with Crippen molar-refractivity contribution in [1.82, 2.24) is 4.98 Å². The zero-order chi connectivity index (χ0) is 16.3. The lowest BCUT2D eigenvalue weighted by Crippen LogP contribution is -2.12. The second-order valence-corrected chi connectivity index (χ2v) is 6.22. The van der Waals surface area contributed by atoms with Crippen molar-refractivity contribution in [1.29, 1.82) is 0 Å². The fraction of sp³-hybridized carbons (Fsp3) is 0.200. The SMILES string of the molecule is COC(=O)c1cc(C)nc(OS(=O)(=O)c2ccc(C)cc2)c1.